The molecule has 0 atom stereocenters. The van der Waals surface area contributed by atoms with Crippen LogP contribution in [0.15, 0.2) is 0 Å². The Morgan fingerprint density at radius 2 is 1.83 bits per heavy atom. The van der Waals surface area contributed by atoms with Gasteiger partial charge < -0.3 is 10.2 Å². The summed E-state index contributed by atoms with van der Waals surface area (Å²) in [5.74, 6) is 1.18. The first-order valence-electron chi connectivity index (χ1n) is 7.80. The lowest BCUT2D eigenvalue weighted by molar-refractivity contribution is -0.131. The second-order valence-corrected chi connectivity index (χ2v) is 5.98. The van der Waals surface area contributed by atoms with Crippen molar-refractivity contribution in [3.8, 4) is 0 Å². The van der Waals surface area contributed by atoms with Crippen LogP contribution >= 0.6 is 0 Å². The minimum absolute atomic E-state index is 0.317. The maximum atomic E-state index is 12.1. The number of piperidine rings is 1. The maximum Gasteiger partial charge on any atom is 0.236 e. The normalized spacial score (nSPS) is 22.6. The van der Waals surface area contributed by atoms with Gasteiger partial charge in [0.05, 0.1) is 6.54 Å². The molecule has 104 valence electrons. The monoisotopic (exact) mass is 252 g/mol. The van der Waals surface area contributed by atoms with Crippen LogP contribution in [0.5, 0.6) is 0 Å². The Bertz CT molecular complexity index is 253. The summed E-state index contributed by atoms with van der Waals surface area (Å²) in [6.07, 6.45) is 10.2. The SMILES string of the molecule is CCCC1CCN(C(=O)CNC2CCCC2)CC1. The zero-order chi connectivity index (χ0) is 12.8. The largest absolute Gasteiger partial charge is 0.342 e. The van der Waals surface area contributed by atoms with Crippen LogP contribution in [0.4, 0.5) is 0 Å². The van der Waals surface area contributed by atoms with Crippen molar-refractivity contribution in [3.63, 3.8) is 0 Å². The highest BCUT2D eigenvalue weighted by Gasteiger charge is 2.23. The smallest absolute Gasteiger partial charge is 0.236 e. The Morgan fingerprint density at radius 3 is 2.44 bits per heavy atom. The molecule has 1 aliphatic carbocycles. The molecule has 2 fully saturated rings. The Morgan fingerprint density at radius 1 is 1.17 bits per heavy atom. The van der Waals surface area contributed by atoms with Crippen LogP contribution in [0, 0.1) is 5.92 Å². The van der Waals surface area contributed by atoms with Crippen molar-refractivity contribution in [2.75, 3.05) is 19.6 Å². The molecule has 0 aromatic carbocycles. The molecule has 0 radical (unpaired) electrons. The number of likely N-dealkylation sites (tertiary alicyclic amines) is 1. The standard InChI is InChI=1S/C15H28N2O/c1-2-5-13-8-10-17(11-9-13)15(18)12-16-14-6-3-4-7-14/h13-14,16H,2-12H2,1H3. The molecule has 3 nitrogen and oxygen atoms in total. The van der Waals surface area contributed by atoms with Gasteiger partial charge in [0.25, 0.3) is 0 Å². The molecule has 3 heteroatoms. The Kier molecular flexibility index (Phi) is 5.48. The molecule has 0 aromatic rings. The molecule has 2 rings (SSSR count). The number of carbonyl (C=O) groups excluding carboxylic acids is 1. The second kappa shape index (κ2) is 7.13. The summed E-state index contributed by atoms with van der Waals surface area (Å²) in [4.78, 5) is 14.1. The van der Waals surface area contributed by atoms with Crippen LogP contribution in [-0.2, 0) is 4.79 Å². The maximum absolute atomic E-state index is 12.1. The van der Waals surface area contributed by atoms with E-state index in [9.17, 15) is 4.79 Å². The predicted octanol–water partition coefficient (Wildman–Crippen LogP) is 2.56. The van der Waals surface area contributed by atoms with Crippen molar-refractivity contribution < 1.29 is 4.79 Å². The van der Waals surface area contributed by atoms with Crippen molar-refractivity contribution in [3.05, 3.63) is 0 Å². The summed E-state index contributed by atoms with van der Waals surface area (Å²) < 4.78 is 0. The van der Waals surface area contributed by atoms with E-state index in [-0.39, 0.29) is 0 Å². The van der Waals surface area contributed by atoms with E-state index in [1.54, 1.807) is 0 Å². The first kappa shape index (κ1) is 13.9. The van der Waals surface area contributed by atoms with E-state index in [2.05, 4.69) is 17.1 Å². The highest BCUT2D eigenvalue weighted by molar-refractivity contribution is 5.78. The van der Waals surface area contributed by atoms with Gasteiger partial charge in [0.15, 0.2) is 0 Å². The minimum atomic E-state index is 0.317. The van der Waals surface area contributed by atoms with Gasteiger partial charge in [0.2, 0.25) is 5.91 Å². The zero-order valence-electron chi connectivity index (χ0n) is 11.8. The fraction of sp³-hybridized carbons (Fsp3) is 0.933. The third kappa shape index (κ3) is 3.98. The van der Waals surface area contributed by atoms with Gasteiger partial charge >= 0.3 is 0 Å². The lowest BCUT2D eigenvalue weighted by atomic mass is 9.92. The van der Waals surface area contributed by atoms with Crippen LogP contribution < -0.4 is 5.32 Å². The average molecular weight is 252 g/mol. The summed E-state index contributed by atoms with van der Waals surface area (Å²) in [5, 5.41) is 3.42. The minimum Gasteiger partial charge on any atom is -0.342 e. The Balaban J connectivity index is 1.64. The van der Waals surface area contributed by atoms with Crippen LogP contribution in [0.3, 0.4) is 0 Å². The summed E-state index contributed by atoms with van der Waals surface area (Å²) >= 11 is 0. The van der Waals surface area contributed by atoms with Crippen molar-refractivity contribution in [2.24, 2.45) is 5.92 Å². The summed E-state index contributed by atoms with van der Waals surface area (Å²) in [6, 6.07) is 0.603. The number of nitrogens with zero attached hydrogens (tertiary/aromatic N) is 1. The Hall–Kier alpha value is -0.570. The van der Waals surface area contributed by atoms with Gasteiger partial charge in [0, 0.05) is 19.1 Å². The molecule has 2 aliphatic rings. The average Bonchev–Trinajstić information content (AvgIpc) is 2.90. The van der Waals surface area contributed by atoms with E-state index >= 15 is 0 Å². The van der Waals surface area contributed by atoms with Crippen LogP contribution in [0.25, 0.3) is 0 Å². The lowest BCUT2D eigenvalue weighted by Crippen LogP contribution is -2.44. The van der Waals surface area contributed by atoms with Crippen molar-refractivity contribution in [1.29, 1.82) is 0 Å². The predicted molar refractivity (Wildman–Crippen MR) is 74.5 cm³/mol. The van der Waals surface area contributed by atoms with E-state index < -0.39 is 0 Å². The first-order valence-corrected chi connectivity index (χ1v) is 7.80. The topological polar surface area (TPSA) is 32.3 Å². The van der Waals surface area contributed by atoms with E-state index in [0.29, 0.717) is 18.5 Å². The molecule has 1 aliphatic heterocycles. The van der Waals surface area contributed by atoms with Crippen LogP contribution in [-0.4, -0.2) is 36.5 Å². The number of nitrogens with one attached hydrogen (secondary N) is 1. The number of amides is 1. The van der Waals surface area contributed by atoms with Gasteiger partial charge in [-0.15, -0.1) is 0 Å². The van der Waals surface area contributed by atoms with Gasteiger partial charge in [-0.3, -0.25) is 4.79 Å². The summed E-state index contributed by atoms with van der Waals surface area (Å²) in [5.41, 5.74) is 0. The third-order valence-corrected chi connectivity index (χ3v) is 4.56. The second-order valence-electron chi connectivity index (χ2n) is 5.98. The first-order chi connectivity index (χ1) is 8.79. The van der Waals surface area contributed by atoms with E-state index in [1.807, 2.05) is 0 Å². The van der Waals surface area contributed by atoms with Crippen molar-refractivity contribution in [2.45, 2.75) is 64.3 Å². The number of hydrogen-bond acceptors (Lipinski definition) is 2. The number of hydrogen-bond donors (Lipinski definition) is 1. The van der Waals surface area contributed by atoms with Crippen LogP contribution in [0.1, 0.15) is 58.3 Å². The molecule has 0 aromatic heterocycles. The molecule has 18 heavy (non-hydrogen) atoms. The van der Waals surface area contributed by atoms with E-state index in [1.165, 1.54) is 51.4 Å². The molecule has 0 unspecified atom stereocenters. The van der Waals surface area contributed by atoms with E-state index in [0.717, 1.165) is 19.0 Å². The molecule has 1 heterocycles. The molecule has 1 N–H and O–H groups in total. The molecule has 1 saturated heterocycles. The molecule has 0 bridgehead atoms. The fourth-order valence-electron chi connectivity index (χ4n) is 3.35. The number of carbonyl (C=O) groups is 1. The fourth-order valence-corrected chi connectivity index (χ4v) is 3.35. The molecule has 1 saturated carbocycles. The third-order valence-electron chi connectivity index (χ3n) is 4.56. The molecular weight excluding hydrogens is 224 g/mol. The van der Waals surface area contributed by atoms with Gasteiger partial charge in [-0.1, -0.05) is 32.6 Å². The molecule has 1 amide bonds. The number of rotatable bonds is 5. The molecule has 0 spiro atoms. The van der Waals surface area contributed by atoms with E-state index in [4.69, 9.17) is 0 Å². The van der Waals surface area contributed by atoms with Gasteiger partial charge in [-0.25, -0.2) is 0 Å². The summed E-state index contributed by atoms with van der Waals surface area (Å²) in [6.45, 7) is 4.78. The van der Waals surface area contributed by atoms with Gasteiger partial charge in [-0.2, -0.15) is 0 Å². The quantitative estimate of drug-likeness (QED) is 0.815. The highest BCUT2D eigenvalue weighted by Crippen LogP contribution is 2.22. The highest BCUT2D eigenvalue weighted by atomic mass is 16.2. The Labute approximate surface area is 111 Å². The van der Waals surface area contributed by atoms with Crippen LogP contribution in [0.2, 0.25) is 0 Å². The molecular formula is C15H28N2O. The van der Waals surface area contributed by atoms with Crippen molar-refractivity contribution >= 4 is 5.91 Å². The van der Waals surface area contributed by atoms with Gasteiger partial charge in [-0.05, 0) is 31.6 Å². The summed E-state index contributed by atoms with van der Waals surface area (Å²) in [7, 11) is 0. The lowest BCUT2D eigenvalue weighted by Gasteiger charge is -2.32. The zero-order valence-corrected chi connectivity index (χ0v) is 11.8. The van der Waals surface area contributed by atoms with Crippen molar-refractivity contribution in [1.82, 2.24) is 10.2 Å². The van der Waals surface area contributed by atoms with Gasteiger partial charge in [0.1, 0.15) is 0 Å².